The molecule has 0 amide bonds. The largest absolute Gasteiger partial charge is 0.488 e. The zero-order valence-electron chi connectivity index (χ0n) is 16.6. The Morgan fingerprint density at radius 3 is 2.80 bits per heavy atom. The molecule has 5 rings (SSSR count). The van der Waals surface area contributed by atoms with E-state index in [1.807, 2.05) is 18.2 Å². The fourth-order valence-corrected chi connectivity index (χ4v) is 4.29. The predicted molar refractivity (Wildman–Crippen MR) is 116 cm³/mol. The molecule has 30 heavy (non-hydrogen) atoms. The molecular weight excluding hydrogens is 372 g/mol. The van der Waals surface area contributed by atoms with Gasteiger partial charge in [-0.3, -0.25) is 0 Å². The van der Waals surface area contributed by atoms with Crippen molar-refractivity contribution in [3.63, 3.8) is 0 Å². The lowest BCUT2D eigenvalue weighted by molar-refractivity contribution is 0.361. The molecule has 1 atom stereocenters. The van der Waals surface area contributed by atoms with Crippen LogP contribution in [0.4, 0.5) is 11.6 Å². The highest BCUT2D eigenvalue weighted by atomic mass is 16.5. The van der Waals surface area contributed by atoms with Crippen molar-refractivity contribution in [3.8, 4) is 11.8 Å². The van der Waals surface area contributed by atoms with E-state index in [4.69, 9.17) is 14.7 Å². The van der Waals surface area contributed by atoms with E-state index in [1.54, 1.807) is 6.07 Å². The molecule has 2 aromatic carbocycles. The molecule has 3 aromatic rings. The summed E-state index contributed by atoms with van der Waals surface area (Å²) in [7, 11) is 0. The number of nitriles is 1. The normalized spacial score (nSPS) is 18.4. The summed E-state index contributed by atoms with van der Waals surface area (Å²) in [5, 5.41) is 12.7. The SMILES string of the molecule is N#Cc1ccc2cc1OC/C=C/CCc1nc(nc3c1CCC3c1ccccc1)N2. The van der Waals surface area contributed by atoms with E-state index in [-0.39, 0.29) is 0 Å². The van der Waals surface area contributed by atoms with Crippen LogP contribution in [0.5, 0.6) is 5.75 Å². The molecule has 0 saturated carbocycles. The van der Waals surface area contributed by atoms with Crippen LogP contribution in [-0.4, -0.2) is 16.6 Å². The van der Waals surface area contributed by atoms with Gasteiger partial charge in [0.15, 0.2) is 0 Å². The zero-order valence-corrected chi connectivity index (χ0v) is 16.6. The average molecular weight is 394 g/mol. The van der Waals surface area contributed by atoms with Crippen LogP contribution in [0.3, 0.4) is 0 Å². The van der Waals surface area contributed by atoms with Crippen LogP contribution in [0.25, 0.3) is 0 Å². The van der Waals surface area contributed by atoms with Crippen molar-refractivity contribution in [2.45, 2.75) is 31.6 Å². The number of rotatable bonds is 1. The summed E-state index contributed by atoms with van der Waals surface area (Å²) in [6, 6.07) is 18.3. The van der Waals surface area contributed by atoms with Crippen LogP contribution in [0, 0.1) is 11.3 Å². The first kappa shape index (κ1) is 18.4. The Labute approximate surface area is 176 Å². The van der Waals surface area contributed by atoms with E-state index in [2.05, 4.69) is 47.8 Å². The van der Waals surface area contributed by atoms with Crippen LogP contribution in [0.1, 0.15) is 46.8 Å². The summed E-state index contributed by atoms with van der Waals surface area (Å²) in [5.41, 5.74) is 6.20. The summed E-state index contributed by atoms with van der Waals surface area (Å²) in [6.07, 6.45) is 7.98. The van der Waals surface area contributed by atoms with Crippen molar-refractivity contribution in [1.29, 1.82) is 5.26 Å². The lowest BCUT2D eigenvalue weighted by Crippen LogP contribution is -2.08. The molecule has 1 N–H and O–H groups in total. The molecule has 0 spiro atoms. The fraction of sp³-hybridized carbons (Fsp3) is 0.240. The maximum absolute atomic E-state index is 9.36. The third kappa shape index (κ3) is 3.53. The average Bonchev–Trinajstić information content (AvgIpc) is 3.20. The quantitative estimate of drug-likeness (QED) is 0.585. The van der Waals surface area contributed by atoms with Crippen molar-refractivity contribution >= 4 is 11.6 Å². The van der Waals surface area contributed by atoms with Gasteiger partial charge in [-0.25, -0.2) is 9.97 Å². The molecule has 1 aromatic heterocycles. The van der Waals surface area contributed by atoms with Crippen LogP contribution < -0.4 is 10.1 Å². The molecule has 0 saturated heterocycles. The highest BCUT2D eigenvalue weighted by Gasteiger charge is 2.29. The number of aromatic nitrogens is 2. The lowest BCUT2D eigenvalue weighted by Gasteiger charge is -2.15. The summed E-state index contributed by atoms with van der Waals surface area (Å²) >= 11 is 0. The first-order valence-electron chi connectivity index (χ1n) is 10.4. The van der Waals surface area contributed by atoms with Crippen LogP contribution in [-0.2, 0) is 12.8 Å². The number of anilines is 2. The minimum Gasteiger partial charge on any atom is -0.488 e. The molecule has 5 heteroatoms. The number of nitrogens with zero attached hydrogens (tertiary/aromatic N) is 3. The molecule has 1 aliphatic heterocycles. The van der Waals surface area contributed by atoms with E-state index in [0.717, 1.165) is 42.8 Å². The van der Waals surface area contributed by atoms with Gasteiger partial charge in [-0.05, 0) is 48.9 Å². The zero-order chi connectivity index (χ0) is 20.3. The number of benzene rings is 2. The molecule has 5 nitrogen and oxygen atoms in total. The number of hydrogen-bond acceptors (Lipinski definition) is 5. The van der Waals surface area contributed by atoms with Gasteiger partial charge >= 0.3 is 0 Å². The van der Waals surface area contributed by atoms with E-state index in [0.29, 0.717) is 29.8 Å². The summed E-state index contributed by atoms with van der Waals surface area (Å²) in [4.78, 5) is 9.81. The molecule has 0 fully saturated rings. The number of fused-ring (bicyclic) bond motifs is 6. The smallest absolute Gasteiger partial charge is 0.227 e. The first-order chi connectivity index (χ1) is 14.8. The minimum absolute atomic E-state index is 0.301. The van der Waals surface area contributed by atoms with Gasteiger partial charge in [-0.15, -0.1) is 0 Å². The lowest BCUT2D eigenvalue weighted by atomic mass is 9.96. The molecule has 4 bridgehead atoms. The molecule has 2 heterocycles. The van der Waals surface area contributed by atoms with Crippen molar-refractivity contribution in [1.82, 2.24) is 9.97 Å². The van der Waals surface area contributed by atoms with Gasteiger partial charge in [-0.1, -0.05) is 42.5 Å². The van der Waals surface area contributed by atoms with Gasteiger partial charge in [0, 0.05) is 23.4 Å². The highest BCUT2D eigenvalue weighted by Crippen LogP contribution is 2.39. The second kappa shape index (κ2) is 8.00. The Balaban J connectivity index is 1.59. The maximum Gasteiger partial charge on any atom is 0.227 e. The summed E-state index contributed by atoms with van der Waals surface area (Å²) in [5.74, 6) is 1.47. The topological polar surface area (TPSA) is 70.8 Å². The van der Waals surface area contributed by atoms with Gasteiger partial charge in [0.2, 0.25) is 5.95 Å². The van der Waals surface area contributed by atoms with Crippen LogP contribution >= 0.6 is 0 Å². The molecule has 1 unspecified atom stereocenters. The fourth-order valence-electron chi connectivity index (χ4n) is 4.29. The van der Waals surface area contributed by atoms with Crippen molar-refractivity contribution in [2.75, 3.05) is 11.9 Å². The molecule has 148 valence electrons. The van der Waals surface area contributed by atoms with E-state index >= 15 is 0 Å². The summed E-state index contributed by atoms with van der Waals surface area (Å²) < 4.78 is 5.81. The van der Waals surface area contributed by atoms with Gasteiger partial charge in [0.1, 0.15) is 18.4 Å². The number of hydrogen-bond donors (Lipinski definition) is 1. The number of nitrogens with one attached hydrogen (secondary N) is 1. The first-order valence-corrected chi connectivity index (χ1v) is 10.4. The van der Waals surface area contributed by atoms with E-state index in [1.165, 1.54) is 11.1 Å². The number of ether oxygens (including phenoxy) is 1. The van der Waals surface area contributed by atoms with Crippen LogP contribution in [0.2, 0.25) is 0 Å². The van der Waals surface area contributed by atoms with Gasteiger partial charge in [0.25, 0.3) is 0 Å². The minimum atomic E-state index is 0.301. The van der Waals surface area contributed by atoms with E-state index in [9.17, 15) is 5.26 Å². The number of allylic oxidation sites excluding steroid dienone is 1. The molecule has 1 aliphatic carbocycles. The Hall–Kier alpha value is -3.65. The van der Waals surface area contributed by atoms with Gasteiger partial charge in [-0.2, -0.15) is 5.26 Å². The van der Waals surface area contributed by atoms with Crippen molar-refractivity contribution < 1.29 is 4.74 Å². The third-order valence-electron chi connectivity index (χ3n) is 5.75. The Morgan fingerprint density at radius 2 is 1.93 bits per heavy atom. The second-order valence-corrected chi connectivity index (χ2v) is 7.63. The van der Waals surface area contributed by atoms with Gasteiger partial charge in [0.05, 0.1) is 11.3 Å². The second-order valence-electron chi connectivity index (χ2n) is 7.63. The number of aryl methyl sites for hydroxylation is 1. The summed E-state index contributed by atoms with van der Waals surface area (Å²) in [6.45, 7) is 0.440. The Morgan fingerprint density at radius 1 is 1.03 bits per heavy atom. The maximum atomic E-state index is 9.36. The molecule has 2 aliphatic rings. The Bertz CT molecular complexity index is 1150. The predicted octanol–water partition coefficient (Wildman–Crippen LogP) is 5.05. The highest BCUT2D eigenvalue weighted by molar-refractivity contribution is 5.61. The van der Waals surface area contributed by atoms with Crippen LogP contribution in [0.15, 0.2) is 60.7 Å². The van der Waals surface area contributed by atoms with E-state index < -0.39 is 0 Å². The Kier molecular flexibility index (Phi) is 4.90. The van der Waals surface area contributed by atoms with Crippen molar-refractivity contribution in [3.05, 3.63) is 88.8 Å². The van der Waals surface area contributed by atoms with Gasteiger partial charge < -0.3 is 10.1 Å². The molecule has 0 radical (unpaired) electrons. The van der Waals surface area contributed by atoms with Crippen molar-refractivity contribution in [2.24, 2.45) is 0 Å². The molecular formula is C25H22N4O. The standard InChI is InChI=1S/C25H22N4O/c26-16-18-10-11-19-15-23(18)30-14-6-2-5-9-22-21-13-12-20(17-7-3-1-4-8-17)24(21)29-25(27-19)28-22/h1-4,6-8,10-11,15,20H,5,9,12-14H2,(H,27,28,29)/b6-2+. The third-order valence-corrected chi connectivity index (χ3v) is 5.75. The monoisotopic (exact) mass is 394 g/mol.